The molecule has 3 atom stereocenters. The van der Waals surface area contributed by atoms with Crippen LogP contribution in [0.25, 0.3) is 0 Å². The molecule has 16 heavy (non-hydrogen) atoms. The Labute approximate surface area is 94.5 Å². The lowest BCUT2D eigenvalue weighted by Gasteiger charge is -2.19. The second kappa shape index (κ2) is 3.70. The molecule has 86 valence electrons. The maximum absolute atomic E-state index is 13.6. The second-order valence-corrected chi connectivity index (χ2v) is 4.88. The maximum Gasteiger partial charge on any atom is 0.165 e. The van der Waals surface area contributed by atoms with E-state index < -0.39 is 0 Å². The van der Waals surface area contributed by atoms with Gasteiger partial charge in [-0.3, -0.25) is 0 Å². The van der Waals surface area contributed by atoms with E-state index in [0.29, 0.717) is 23.7 Å². The lowest BCUT2D eigenvalue weighted by atomic mass is 9.98. The monoisotopic (exact) mass is 221 g/mol. The van der Waals surface area contributed by atoms with Crippen LogP contribution in [0.2, 0.25) is 0 Å². The Morgan fingerprint density at radius 1 is 1.38 bits per heavy atom. The highest BCUT2D eigenvalue weighted by atomic mass is 19.1. The number of aromatic nitrogens is 1. The third-order valence-electron chi connectivity index (χ3n) is 3.95. The van der Waals surface area contributed by atoms with Crippen molar-refractivity contribution in [2.45, 2.75) is 18.9 Å². The zero-order valence-electron chi connectivity index (χ0n) is 9.14. The van der Waals surface area contributed by atoms with E-state index in [0.717, 1.165) is 19.5 Å². The van der Waals surface area contributed by atoms with Gasteiger partial charge in [-0.15, -0.1) is 0 Å². The average Bonchev–Trinajstić information content (AvgIpc) is 2.82. The highest BCUT2D eigenvalue weighted by Crippen LogP contribution is 2.38. The van der Waals surface area contributed by atoms with Gasteiger partial charge in [0.1, 0.15) is 0 Å². The number of anilines is 1. The van der Waals surface area contributed by atoms with E-state index in [-0.39, 0.29) is 5.82 Å². The first-order valence-corrected chi connectivity index (χ1v) is 5.87. The number of hydrogen-bond donors (Lipinski definition) is 1. The van der Waals surface area contributed by atoms with Crippen molar-refractivity contribution in [1.82, 2.24) is 4.98 Å². The Morgan fingerprint density at radius 3 is 3.00 bits per heavy atom. The molecule has 0 radical (unpaired) electrons. The second-order valence-electron chi connectivity index (χ2n) is 4.88. The lowest BCUT2D eigenvalue weighted by Crippen LogP contribution is -2.30. The summed E-state index contributed by atoms with van der Waals surface area (Å²) < 4.78 is 13.6. The number of fused-ring (bicyclic) bond motifs is 1. The normalized spacial score (nSPS) is 33.1. The van der Waals surface area contributed by atoms with Gasteiger partial charge < -0.3 is 10.6 Å². The van der Waals surface area contributed by atoms with Crippen LogP contribution in [0.15, 0.2) is 18.3 Å². The third-order valence-corrected chi connectivity index (χ3v) is 3.95. The summed E-state index contributed by atoms with van der Waals surface area (Å²) in [6.07, 6.45) is 3.94. The fourth-order valence-electron chi connectivity index (χ4n) is 3.09. The Hall–Kier alpha value is -1.16. The van der Waals surface area contributed by atoms with Crippen molar-refractivity contribution in [3.8, 4) is 0 Å². The molecule has 0 aromatic carbocycles. The molecule has 1 saturated carbocycles. The summed E-state index contributed by atoms with van der Waals surface area (Å²) in [6.45, 7) is 1.77. The topological polar surface area (TPSA) is 42.1 Å². The average molecular weight is 221 g/mol. The van der Waals surface area contributed by atoms with Crippen molar-refractivity contribution in [3.05, 3.63) is 24.1 Å². The molecule has 2 fully saturated rings. The summed E-state index contributed by atoms with van der Waals surface area (Å²) in [5, 5.41) is 0. The molecule has 2 aliphatic rings. The van der Waals surface area contributed by atoms with E-state index in [9.17, 15) is 4.39 Å². The van der Waals surface area contributed by atoms with Crippen LogP contribution in [0.1, 0.15) is 12.8 Å². The van der Waals surface area contributed by atoms with E-state index in [4.69, 9.17) is 5.73 Å². The van der Waals surface area contributed by atoms with Crippen molar-refractivity contribution in [2.75, 3.05) is 18.0 Å². The van der Waals surface area contributed by atoms with Gasteiger partial charge in [0.15, 0.2) is 11.6 Å². The van der Waals surface area contributed by atoms with Crippen molar-refractivity contribution in [2.24, 2.45) is 17.6 Å². The Bertz CT molecular complexity index is 396. The molecule has 3 rings (SSSR count). The molecule has 1 aromatic rings. The minimum absolute atomic E-state index is 0.226. The minimum atomic E-state index is -0.226. The molecule has 2 N–H and O–H groups in total. The summed E-state index contributed by atoms with van der Waals surface area (Å²) >= 11 is 0. The Balaban J connectivity index is 1.82. The van der Waals surface area contributed by atoms with E-state index in [1.54, 1.807) is 12.3 Å². The summed E-state index contributed by atoms with van der Waals surface area (Å²) in [4.78, 5) is 6.17. The molecule has 3 nitrogen and oxygen atoms in total. The molecular formula is C12H16FN3. The van der Waals surface area contributed by atoms with Gasteiger partial charge in [0.25, 0.3) is 0 Å². The quantitative estimate of drug-likeness (QED) is 0.779. The van der Waals surface area contributed by atoms with Crippen LogP contribution in [0.4, 0.5) is 10.2 Å². The molecule has 0 spiro atoms. The van der Waals surface area contributed by atoms with E-state index in [1.165, 1.54) is 12.5 Å². The molecule has 1 aromatic heterocycles. The summed E-state index contributed by atoms with van der Waals surface area (Å²) in [6, 6.07) is 3.39. The summed E-state index contributed by atoms with van der Waals surface area (Å²) in [7, 11) is 0. The number of hydrogen-bond acceptors (Lipinski definition) is 3. The zero-order valence-corrected chi connectivity index (χ0v) is 9.14. The number of halogens is 1. The predicted molar refractivity (Wildman–Crippen MR) is 60.6 cm³/mol. The highest BCUT2D eigenvalue weighted by Gasteiger charge is 2.41. The van der Waals surface area contributed by atoms with Gasteiger partial charge in [0, 0.05) is 25.3 Å². The van der Waals surface area contributed by atoms with Crippen LogP contribution >= 0.6 is 0 Å². The number of pyridine rings is 1. The summed E-state index contributed by atoms with van der Waals surface area (Å²) in [5.74, 6) is 1.43. The van der Waals surface area contributed by atoms with Gasteiger partial charge in [0.2, 0.25) is 0 Å². The van der Waals surface area contributed by atoms with Crippen molar-refractivity contribution in [1.29, 1.82) is 0 Å². The smallest absolute Gasteiger partial charge is 0.165 e. The van der Waals surface area contributed by atoms with Gasteiger partial charge in [0.05, 0.1) is 0 Å². The molecule has 0 amide bonds. The van der Waals surface area contributed by atoms with Crippen LogP contribution < -0.4 is 10.6 Å². The van der Waals surface area contributed by atoms with Crippen LogP contribution in [0.3, 0.4) is 0 Å². The molecule has 1 aliphatic carbocycles. The number of nitrogens with zero attached hydrogens (tertiary/aromatic N) is 2. The lowest BCUT2D eigenvalue weighted by molar-refractivity contribution is 0.453. The molecule has 1 aliphatic heterocycles. The van der Waals surface area contributed by atoms with Crippen LogP contribution in [0.5, 0.6) is 0 Å². The first kappa shape index (κ1) is 10.0. The van der Waals surface area contributed by atoms with E-state index in [1.807, 2.05) is 4.90 Å². The zero-order chi connectivity index (χ0) is 11.1. The molecule has 2 heterocycles. The third kappa shape index (κ3) is 1.48. The SMILES string of the molecule is NC1CCC2CN(c3ncccc3F)CC12. The molecule has 4 heteroatoms. The predicted octanol–water partition coefficient (Wildman–Crippen LogP) is 1.39. The standard InChI is InChI=1S/C12H16FN3/c13-10-2-1-5-15-12(10)16-6-8-3-4-11(14)9(8)7-16/h1-2,5,8-9,11H,3-4,6-7,14H2. The first-order chi connectivity index (χ1) is 7.75. The van der Waals surface area contributed by atoms with Gasteiger partial charge in [-0.1, -0.05) is 0 Å². The molecular weight excluding hydrogens is 205 g/mol. The fraction of sp³-hybridized carbons (Fsp3) is 0.583. The molecule has 1 saturated heterocycles. The Morgan fingerprint density at radius 2 is 2.25 bits per heavy atom. The largest absolute Gasteiger partial charge is 0.354 e. The van der Waals surface area contributed by atoms with Crippen molar-refractivity contribution in [3.63, 3.8) is 0 Å². The van der Waals surface area contributed by atoms with Crippen LogP contribution in [0, 0.1) is 17.7 Å². The van der Waals surface area contributed by atoms with E-state index in [2.05, 4.69) is 4.98 Å². The summed E-state index contributed by atoms with van der Waals surface area (Å²) in [5.41, 5.74) is 6.06. The fourth-order valence-corrected chi connectivity index (χ4v) is 3.09. The van der Waals surface area contributed by atoms with Crippen LogP contribution in [-0.2, 0) is 0 Å². The highest BCUT2D eigenvalue weighted by molar-refractivity contribution is 5.41. The van der Waals surface area contributed by atoms with Gasteiger partial charge in [-0.25, -0.2) is 9.37 Å². The molecule has 0 bridgehead atoms. The Kier molecular flexibility index (Phi) is 2.32. The van der Waals surface area contributed by atoms with Crippen LogP contribution in [-0.4, -0.2) is 24.1 Å². The maximum atomic E-state index is 13.6. The van der Waals surface area contributed by atoms with Gasteiger partial charge >= 0.3 is 0 Å². The van der Waals surface area contributed by atoms with E-state index >= 15 is 0 Å². The van der Waals surface area contributed by atoms with Gasteiger partial charge in [-0.2, -0.15) is 0 Å². The van der Waals surface area contributed by atoms with Crippen molar-refractivity contribution >= 4 is 5.82 Å². The number of rotatable bonds is 1. The molecule has 3 unspecified atom stereocenters. The van der Waals surface area contributed by atoms with Crippen molar-refractivity contribution < 1.29 is 4.39 Å². The first-order valence-electron chi connectivity index (χ1n) is 5.87. The number of nitrogens with two attached hydrogens (primary N) is 1. The van der Waals surface area contributed by atoms with Gasteiger partial charge in [-0.05, 0) is 36.8 Å². The minimum Gasteiger partial charge on any atom is -0.354 e.